The molecule has 0 saturated heterocycles. The zero-order chi connectivity index (χ0) is 21.8. The fourth-order valence-electron chi connectivity index (χ4n) is 3.68. The number of unbranched alkanes of at least 4 members (excludes halogenated alkanes) is 15. The smallest absolute Gasteiger partial charge is 0.145 e. The molecule has 0 fully saturated rings. The third-order valence-electron chi connectivity index (χ3n) is 5.77. The van der Waals surface area contributed by atoms with E-state index in [9.17, 15) is 0 Å². The van der Waals surface area contributed by atoms with Crippen LogP contribution in [0.4, 0.5) is 0 Å². The maximum absolute atomic E-state index is 4.68. The fraction of sp³-hybridized carbons (Fsp3) is 1.00. The maximum Gasteiger partial charge on any atom is 0.145 e. The normalized spacial score (nSPS) is 11.1. The summed E-state index contributed by atoms with van der Waals surface area (Å²) in [4.78, 5) is 0. The molecule has 0 saturated carbocycles. The van der Waals surface area contributed by atoms with Crippen LogP contribution in [0.5, 0.6) is 0 Å². The molecule has 0 aromatic rings. The minimum absolute atomic E-state index is 0.366. The molecule has 29 heavy (non-hydrogen) atoms. The number of hydrogen-bond acceptors (Lipinski definition) is 1. The summed E-state index contributed by atoms with van der Waals surface area (Å²) < 4.78 is 4.68. The second kappa shape index (κ2) is 30.8. The van der Waals surface area contributed by atoms with Crippen molar-refractivity contribution in [1.29, 1.82) is 0 Å². The Morgan fingerprint density at radius 2 is 0.690 bits per heavy atom. The van der Waals surface area contributed by atoms with E-state index in [1.54, 1.807) is 18.5 Å². The molecule has 0 aliphatic rings. The zero-order valence-corrected chi connectivity index (χ0v) is 24.3. The molecule has 0 spiro atoms. The second-order valence-electron chi connectivity index (χ2n) is 8.72. The van der Waals surface area contributed by atoms with Gasteiger partial charge in [-0.15, -0.1) is 7.92 Å². The van der Waals surface area contributed by atoms with E-state index in [2.05, 4.69) is 25.2 Å². The monoisotopic (exact) mass is 446 g/mol. The average Bonchev–Trinajstić information content (AvgIpc) is 2.75. The van der Waals surface area contributed by atoms with Crippen LogP contribution in [-0.4, -0.2) is 35.6 Å². The molecule has 0 aromatic heterocycles. The van der Waals surface area contributed by atoms with E-state index >= 15 is 0 Å². The highest BCUT2D eigenvalue weighted by Crippen LogP contribution is 2.39. The van der Waals surface area contributed by atoms with Crippen LogP contribution >= 0.6 is 7.92 Å². The van der Waals surface area contributed by atoms with Crippen molar-refractivity contribution in [2.45, 2.75) is 143 Å². The lowest BCUT2D eigenvalue weighted by Gasteiger charge is -2.18. The first kappa shape index (κ1) is 31.8. The lowest BCUT2D eigenvalue weighted by atomic mass is 10.1. The summed E-state index contributed by atoms with van der Waals surface area (Å²) in [6.07, 6.45) is 31.2. The fourth-order valence-corrected chi connectivity index (χ4v) is 6.37. The van der Waals surface area contributed by atoms with Gasteiger partial charge in [0, 0.05) is 6.61 Å². The second-order valence-corrected chi connectivity index (χ2v) is 12.0. The summed E-state index contributed by atoms with van der Waals surface area (Å²) in [5, 5.41) is 0. The highest BCUT2D eigenvalue weighted by Gasteiger charge is 2.07. The summed E-state index contributed by atoms with van der Waals surface area (Å²) in [7, 11) is 1.26. The van der Waals surface area contributed by atoms with Crippen LogP contribution < -0.4 is 0 Å². The number of rotatable bonds is 22. The van der Waals surface area contributed by atoms with Crippen molar-refractivity contribution < 1.29 is 4.43 Å². The summed E-state index contributed by atoms with van der Waals surface area (Å²) in [6.45, 7) is 9.83. The van der Waals surface area contributed by atoms with E-state index in [1.807, 2.05) is 6.92 Å². The third kappa shape index (κ3) is 30.9. The molecule has 0 bridgehead atoms. The Balaban J connectivity index is 0. The molecule has 0 amide bonds. The Bertz CT molecular complexity index is 223. The van der Waals surface area contributed by atoms with Crippen LogP contribution in [0.25, 0.3) is 0 Å². The van der Waals surface area contributed by atoms with Crippen molar-refractivity contribution in [3.05, 3.63) is 0 Å². The quantitative estimate of drug-likeness (QED) is 0.0916. The molecule has 0 aromatic carbocycles. The lowest BCUT2D eigenvalue weighted by molar-refractivity contribution is 0.375. The summed E-state index contributed by atoms with van der Waals surface area (Å²) >= 11 is 0. The maximum atomic E-state index is 4.68. The van der Waals surface area contributed by atoms with Crippen LogP contribution in [0.2, 0.25) is 0 Å². The van der Waals surface area contributed by atoms with Crippen molar-refractivity contribution >= 4 is 18.4 Å². The van der Waals surface area contributed by atoms with E-state index in [4.69, 9.17) is 0 Å². The van der Waals surface area contributed by atoms with Gasteiger partial charge in [-0.2, -0.15) is 0 Å². The van der Waals surface area contributed by atoms with Crippen molar-refractivity contribution in [3.8, 4) is 0 Å². The van der Waals surface area contributed by atoms with Gasteiger partial charge in [0.05, 0.1) is 0 Å². The predicted octanol–water partition coefficient (Wildman–Crippen LogP) is 8.85. The van der Waals surface area contributed by atoms with Gasteiger partial charge in [-0.1, -0.05) is 117 Å². The molecule has 0 unspecified atom stereocenters. The summed E-state index contributed by atoms with van der Waals surface area (Å²) in [5.74, 6) is 0. The minimum atomic E-state index is 0.366. The first-order valence-electron chi connectivity index (χ1n) is 13.5. The SMILES string of the molecule is CCCCCCCCP(CCCCCCCC)CCCCCCCC.CCO[SiH3]. The van der Waals surface area contributed by atoms with Crippen LogP contribution in [0.1, 0.15) is 143 Å². The Morgan fingerprint density at radius 1 is 0.448 bits per heavy atom. The Labute approximate surface area is 191 Å². The van der Waals surface area contributed by atoms with Crippen molar-refractivity contribution in [3.63, 3.8) is 0 Å². The first-order chi connectivity index (χ1) is 14.3. The summed E-state index contributed by atoms with van der Waals surface area (Å²) in [6, 6.07) is 0. The largest absolute Gasteiger partial charge is 0.428 e. The van der Waals surface area contributed by atoms with Gasteiger partial charge in [0.2, 0.25) is 0 Å². The molecule has 178 valence electrons. The summed E-state index contributed by atoms with van der Waals surface area (Å²) in [5.41, 5.74) is 0. The Hall–Kier alpha value is 0.607. The lowest BCUT2D eigenvalue weighted by Crippen LogP contribution is -1.97. The minimum Gasteiger partial charge on any atom is -0.428 e. The number of hydrogen-bond donors (Lipinski definition) is 0. The van der Waals surface area contributed by atoms with Gasteiger partial charge >= 0.3 is 0 Å². The van der Waals surface area contributed by atoms with Gasteiger partial charge in [0.25, 0.3) is 0 Å². The van der Waals surface area contributed by atoms with Gasteiger partial charge in [-0.05, 0) is 44.7 Å². The van der Waals surface area contributed by atoms with Crippen molar-refractivity contribution in [1.82, 2.24) is 0 Å². The van der Waals surface area contributed by atoms with Crippen LogP contribution in [0.3, 0.4) is 0 Å². The highest BCUT2D eigenvalue weighted by atomic mass is 31.1. The van der Waals surface area contributed by atoms with Gasteiger partial charge in [0.15, 0.2) is 0 Å². The molecule has 0 atom stereocenters. The predicted molar refractivity (Wildman–Crippen MR) is 143 cm³/mol. The molecule has 0 heterocycles. The molecule has 1 nitrogen and oxygen atoms in total. The molecule has 0 aliphatic heterocycles. The Morgan fingerprint density at radius 3 is 0.931 bits per heavy atom. The molecule has 3 heteroatoms. The Kier molecular flexibility index (Phi) is 33.8. The molecular weight excluding hydrogens is 387 g/mol. The molecule has 0 rings (SSSR count). The molecule has 0 N–H and O–H groups in total. The average molecular weight is 447 g/mol. The van der Waals surface area contributed by atoms with Crippen molar-refractivity contribution in [2.24, 2.45) is 0 Å². The molecule has 0 radical (unpaired) electrons. The highest BCUT2D eigenvalue weighted by molar-refractivity contribution is 7.57. The van der Waals surface area contributed by atoms with Gasteiger partial charge in [0.1, 0.15) is 10.5 Å². The molecule has 0 aliphatic carbocycles. The van der Waals surface area contributed by atoms with Crippen LogP contribution in [-0.2, 0) is 4.43 Å². The van der Waals surface area contributed by atoms with E-state index in [0.29, 0.717) is 7.92 Å². The van der Waals surface area contributed by atoms with Crippen LogP contribution in [0, 0.1) is 0 Å². The van der Waals surface area contributed by atoms with Gasteiger partial charge in [-0.3, -0.25) is 0 Å². The standard InChI is InChI=1S/C24H51P.C2H8OSi/c1-4-7-10-13-16-19-22-25(23-20-17-14-11-8-5-2)24-21-18-15-12-9-6-3;1-2-3-4/h4-24H2,1-3H3;2H2,1,4H3. The third-order valence-corrected chi connectivity index (χ3v) is 9.20. The topological polar surface area (TPSA) is 9.23 Å². The van der Waals surface area contributed by atoms with Gasteiger partial charge < -0.3 is 4.43 Å². The van der Waals surface area contributed by atoms with E-state index in [-0.39, 0.29) is 0 Å². The van der Waals surface area contributed by atoms with Crippen LogP contribution in [0.15, 0.2) is 0 Å². The zero-order valence-electron chi connectivity index (χ0n) is 21.4. The molecular formula is C26H59OPSi. The van der Waals surface area contributed by atoms with Gasteiger partial charge in [-0.25, -0.2) is 0 Å². The van der Waals surface area contributed by atoms with E-state index in [1.165, 1.54) is 116 Å². The van der Waals surface area contributed by atoms with E-state index < -0.39 is 0 Å². The van der Waals surface area contributed by atoms with Crippen molar-refractivity contribution in [2.75, 3.05) is 25.1 Å². The van der Waals surface area contributed by atoms with E-state index in [0.717, 1.165) is 17.1 Å². The first-order valence-corrected chi connectivity index (χ1v) is 16.2.